The van der Waals surface area contributed by atoms with Crippen molar-refractivity contribution in [1.29, 1.82) is 0 Å². The lowest BCUT2D eigenvalue weighted by Crippen LogP contribution is -2.25. The molecular formula is C12H17NO2. The first-order valence-corrected chi connectivity index (χ1v) is 5.00. The van der Waals surface area contributed by atoms with Crippen molar-refractivity contribution in [2.24, 2.45) is 0 Å². The zero-order valence-electron chi connectivity index (χ0n) is 9.61. The molecule has 1 amide bonds. The van der Waals surface area contributed by atoms with Gasteiger partial charge in [-0.05, 0) is 30.0 Å². The van der Waals surface area contributed by atoms with Gasteiger partial charge < -0.3 is 5.11 Å². The molecule has 0 aliphatic carbocycles. The summed E-state index contributed by atoms with van der Waals surface area (Å²) in [5.74, 6) is 0.322. The van der Waals surface area contributed by atoms with Crippen LogP contribution < -0.4 is 4.90 Å². The molecule has 0 radical (unpaired) electrons. The van der Waals surface area contributed by atoms with E-state index in [2.05, 4.69) is 13.8 Å². The van der Waals surface area contributed by atoms with E-state index in [1.54, 1.807) is 7.05 Å². The Labute approximate surface area is 90.3 Å². The van der Waals surface area contributed by atoms with Crippen molar-refractivity contribution in [3.05, 3.63) is 29.3 Å². The fourth-order valence-electron chi connectivity index (χ4n) is 1.54. The van der Waals surface area contributed by atoms with E-state index in [0.29, 0.717) is 5.92 Å². The zero-order valence-corrected chi connectivity index (χ0v) is 9.61. The van der Waals surface area contributed by atoms with Gasteiger partial charge in [0.15, 0.2) is 0 Å². The average Bonchev–Trinajstić information content (AvgIpc) is 2.15. The van der Waals surface area contributed by atoms with E-state index < -0.39 is 6.09 Å². The van der Waals surface area contributed by atoms with Crippen LogP contribution in [0.25, 0.3) is 0 Å². The Morgan fingerprint density at radius 2 is 2.00 bits per heavy atom. The van der Waals surface area contributed by atoms with Crippen LogP contribution in [-0.4, -0.2) is 18.2 Å². The minimum absolute atomic E-state index is 0.322. The van der Waals surface area contributed by atoms with Crippen molar-refractivity contribution in [1.82, 2.24) is 0 Å². The molecule has 0 bridgehead atoms. The Morgan fingerprint density at radius 3 is 2.47 bits per heavy atom. The maximum Gasteiger partial charge on any atom is 0.411 e. The molecule has 3 nitrogen and oxygen atoms in total. The summed E-state index contributed by atoms with van der Waals surface area (Å²) in [4.78, 5) is 12.2. The van der Waals surface area contributed by atoms with E-state index in [9.17, 15) is 4.79 Å². The molecule has 0 aliphatic heterocycles. The minimum atomic E-state index is -0.928. The average molecular weight is 207 g/mol. The highest BCUT2D eigenvalue weighted by molar-refractivity contribution is 5.86. The van der Waals surface area contributed by atoms with Gasteiger partial charge in [0.2, 0.25) is 0 Å². The molecule has 0 saturated heterocycles. The van der Waals surface area contributed by atoms with Crippen LogP contribution in [0.2, 0.25) is 0 Å². The van der Waals surface area contributed by atoms with Gasteiger partial charge in [0.25, 0.3) is 0 Å². The van der Waals surface area contributed by atoms with Crippen LogP contribution in [0.4, 0.5) is 10.5 Å². The first-order chi connectivity index (χ1) is 6.93. The van der Waals surface area contributed by atoms with Crippen molar-refractivity contribution in [3.63, 3.8) is 0 Å². The van der Waals surface area contributed by atoms with E-state index in [0.717, 1.165) is 16.8 Å². The molecule has 0 spiro atoms. The number of benzene rings is 1. The molecule has 1 aromatic carbocycles. The second-order valence-electron chi connectivity index (χ2n) is 4.06. The third-order valence-electron chi connectivity index (χ3n) is 2.46. The number of aryl methyl sites for hydroxylation is 1. The molecule has 1 rings (SSSR count). The first-order valence-electron chi connectivity index (χ1n) is 5.00. The van der Waals surface area contributed by atoms with Crippen molar-refractivity contribution in [2.75, 3.05) is 11.9 Å². The quantitative estimate of drug-likeness (QED) is 0.808. The minimum Gasteiger partial charge on any atom is -0.465 e. The largest absolute Gasteiger partial charge is 0.465 e. The Kier molecular flexibility index (Phi) is 3.35. The molecule has 0 fully saturated rings. The number of amides is 1. The zero-order chi connectivity index (χ0) is 11.6. The lowest BCUT2D eigenvalue weighted by molar-refractivity contribution is 0.203. The molecule has 0 aromatic heterocycles. The van der Waals surface area contributed by atoms with Gasteiger partial charge in [-0.1, -0.05) is 26.0 Å². The van der Waals surface area contributed by atoms with Gasteiger partial charge in [-0.3, -0.25) is 4.90 Å². The summed E-state index contributed by atoms with van der Waals surface area (Å²) in [6.07, 6.45) is -0.928. The predicted octanol–water partition coefficient (Wildman–Crippen LogP) is 3.23. The molecule has 0 atom stereocenters. The van der Waals surface area contributed by atoms with Gasteiger partial charge in [0.1, 0.15) is 0 Å². The number of anilines is 1. The monoisotopic (exact) mass is 207 g/mol. The SMILES string of the molecule is Cc1ccc(C(C)C)c(N(C)C(=O)O)c1. The van der Waals surface area contributed by atoms with Crippen LogP contribution in [0.15, 0.2) is 18.2 Å². The van der Waals surface area contributed by atoms with Gasteiger partial charge in [-0.15, -0.1) is 0 Å². The van der Waals surface area contributed by atoms with Gasteiger partial charge >= 0.3 is 6.09 Å². The summed E-state index contributed by atoms with van der Waals surface area (Å²) in [5.41, 5.74) is 2.91. The number of carboxylic acid groups (broad SMARTS) is 1. The van der Waals surface area contributed by atoms with E-state index in [1.165, 1.54) is 4.90 Å². The number of rotatable bonds is 2. The molecule has 0 heterocycles. The fourth-order valence-corrected chi connectivity index (χ4v) is 1.54. The second-order valence-corrected chi connectivity index (χ2v) is 4.06. The van der Waals surface area contributed by atoms with E-state index >= 15 is 0 Å². The molecule has 0 aliphatic rings. The Morgan fingerprint density at radius 1 is 1.40 bits per heavy atom. The van der Waals surface area contributed by atoms with Crippen molar-refractivity contribution < 1.29 is 9.90 Å². The van der Waals surface area contributed by atoms with Gasteiger partial charge in [0, 0.05) is 7.05 Å². The summed E-state index contributed by atoms with van der Waals surface area (Å²) >= 11 is 0. The molecule has 82 valence electrons. The van der Waals surface area contributed by atoms with E-state index in [-0.39, 0.29) is 0 Å². The van der Waals surface area contributed by atoms with Crippen LogP contribution >= 0.6 is 0 Å². The summed E-state index contributed by atoms with van der Waals surface area (Å²) in [7, 11) is 1.57. The summed E-state index contributed by atoms with van der Waals surface area (Å²) in [5, 5.41) is 8.96. The highest BCUT2D eigenvalue weighted by atomic mass is 16.4. The van der Waals surface area contributed by atoms with E-state index in [4.69, 9.17) is 5.11 Å². The third kappa shape index (κ3) is 2.49. The van der Waals surface area contributed by atoms with Crippen molar-refractivity contribution in [3.8, 4) is 0 Å². The van der Waals surface area contributed by atoms with Gasteiger partial charge in [0.05, 0.1) is 5.69 Å². The van der Waals surface area contributed by atoms with Gasteiger partial charge in [-0.25, -0.2) is 4.79 Å². The van der Waals surface area contributed by atoms with Crippen molar-refractivity contribution >= 4 is 11.8 Å². The van der Waals surface area contributed by atoms with Crippen LogP contribution in [0.5, 0.6) is 0 Å². The summed E-state index contributed by atoms with van der Waals surface area (Å²) < 4.78 is 0. The molecule has 1 N–H and O–H groups in total. The van der Waals surface area contributed by atoms with Crippen molar-refractivity contribution in [2.45, 2.75) is 26.7 Å². The molecule has 3 heteroatoms. The van der Waals surface area contributed by atoms with Crippen LogP contribution in [0, 0.1) is 6.92 Å². The molecular weight excluding hydrogens is 190 g/mol. The molecule has 0 unspecified atom stereocenters. The van der Waals surface area contributed by atoms with Crippen LogP contribution in [0.3, 0.4) is 0 Å². The Balaban J connectivity index is 3.24. The molecule has 1 aromatic rings. The van der Waals surface area contributed by atoms with Gasteiger partial charge in [-0.2, -0.15) is 0 Å². The molecule has 15 heavy (non-hydrogen) atoms. The standard InChI is InChI=1S/C12H17NO2/c1-8(2)10-6-5-9(3)7-11(10)13(4)12(14)15/h5-8H,1-4H3,(H,14,15). The summed E-state index contributed by atoms with van der Waals surface area (Å²) in [6.45, 7) is 6.08. The smallest absolute Gasteiger partial charge is 0.411 e. The first kappa shape index (κ1) is 11.6. The number of hydrogen-bond acceptors (Lipinski definition) is 1. The Bertz CT molecular complexity index is 372. The third-order valence-corrected chi connectivity index (χ3v) is 2.46. The summed E-state index contributed by atoms with van der Waals surface area (Å²) in [6, 6.07) is 5.91. The Hall–Kier alpha value is -1.51. The lowest BCUT2D eigenvalue weighted by atomic mass is 9.99. The number of carbonyl (C=O) groups is 1. The maximum absolute atomic E-state index is 10.9. The highest BCUT2D eigenvalue weighted by Gasteiger charge is 2.14. The number of nitrogens with zero attached hydrogens (tertiary/aromatic N) is 1. The topological polar surface area (TPSA) is 40.5 Å². The lowest BCUT2D eigenvalue weighted by Gasteiger charge is -2.20. The number of hydrogen-bond donors (Lipinski definition) is 1. The normalized spacial score (nSPS) is 10.5. The van der Waals surface area contributed by atoms with E-state index in [1.807, 2.05) is 25.1 Å². The van der Waals surface area contributed by atoms with Crippen LogP contribution in [0.1, 0.15) is 30.9 Å². The molecule has 0 saturated carbocycles. The predicted molar refractivity (Wildman–Crippen MR) is 61.7 cm³/mol. The van der Waals surface area contributed by atoms with Crippen LogP contribution in [-0.2, 0) is 0 Å². The maximum atomic E-state index is 10.9. The second kappa shape index (κ2) is 4.34. The highest BCUT2D eigenvalue weighted by Crippen LogP contribution is 2.27. The fraction of sp³-hybridized carbons (Fsp3) is 0.417.